The Morgan fingerprint density at radius 2 is 2.46 bits per heavy atom. The molecule has 0 unspecified atom stereocenters. The molecule has 1 aliphatic rings. The highest BCUT2D eigenvalue weighted by Gasteiger charge is 2.15. The first-order valence-corrected chi connectivity index (χ1v) is 5.21. The third-order valence-electron chi connectivity index (χ3n) is 2.17. The second-order valence-corrected chi connectivity index (χ2v) is 3.98. The van der Waals surface area contributed by atoms with Crippen molar-refractivity contribution < 1.29 is 0 Å². The van der Waals surface area contributed by atoms with Crippen LogP contribution in [0.25, 0.3) is 0 Å². The van der Waals surface area contributed by atoms with E-state index in [1.54, 1.807) is 0 Å². The minimum absolute atomic E-state index is 0.382. The standard InChI is InChI=1S/C9H11N3S/c10-4-8-3-7(6-13-8)9-5-11-1-2-12-9/h3,6,9,11-12H,1-2,5H2/t9-/m1/s1. The molecule has 0 saturated carbocycles. The van der Waals surface area contributed by atoms with E-state index in [4.69, 9.17) is 5.26 Å². The van der Waals surface area contributed by atoms with Crippen molar-refractivity contribution in [2.45, 2.75) is 6.04 Å². The molecule has 0 amide bonds. The van der Waals surface area contributed by atoms with Crippen molar-refractivity contribution in [2.75, 3.05) is 19.6 Å². The van der Waals surface area contributed by atoms with Gasteiger partial charge in [0.05, 0.1) is 0 Å². The maximum absolute atomic E-state index is 8.67. The van der Waals surface area contributed by atoms with E-state index in [-0.39, 0.29) is 0 Å². The summed E-state index contributed by atoms with van der Waals surface area (Å²) in [7, 11) is 0. The summed E-state index contributed by atoms with van der Waals surface area (Å²) in [5.41, 5.74) is 1.23. The predicted octanol–water partition coefficient (Wildman–Crippen LogP) is 0.854. The van der Waals surface area contributed by atoms with E-state index in [1.165, 1.54) is 16.9 Å². The van der Waals surface area contributed by atoms with Gasteiger partial charge in [0.1, 0.15) is 10.9 Å². The molecule has 4 heteroatoms. The van der Waals surface area contributed by atoms with Gasteiger partial charge in [-0.3, -0.25) is 0 Å². The van der Waals surface area contributed by atoms with E-state index >= 15 is 0 Å². The minimum Gasteiger partial charge on any atom is -0.314 e. The van der Waals surface area contributed by atoms with E-state index in [9.17, 15) is 0 Å². The number of hydrogen-bond donors (Lipinski definition) is 2. The quantitative estimate of drug-likeness (QED) is 0.695. The minimum atomic E-state index is 0.382. The molecule has 1 saturated heterocycles. The van der Waals surface area contributed by atoms with Crippen LogP contribution in [0.5, 0.6) is 0 Å². The Morgan fingerprint density at radius 1 is 1.54 bits per heavy atom. The van der Waals surface area contributed by atoms with Crippen LogP contribution in [-0.4, -0.2) is 19.6 Å². The van der Waals surface area contributed by atoms with Gasteiger partial charge in [-0.1, -0.05) is 0 Å². The van der Waals surface area contributed by atoms with Crippen molar-refractivity contribution in [2.24, 2.45) is 0 Å². The van der Waals surface area contributed by atoms with Crippen LogP contribution in [0.4, 0.5) is 0 Å². The lowest BCUT2D eigenvalue weighted by Gasteiger charge is -2.23. The molecule has 1 aromatic rings. The van der Waals surface area contributed by atoms with Crippen LogP contribution in [-0.2, 0) is 0 Å². The molecule has 0 aromatic carbocycles. The molecule has 1 fully saturated rings. The maximum Gasteiger partial charge on any atom is 0.110 e. The van der Waals surface area contributed by atoms with Gasteiger partial charge >= 0.3 is 0 Å². The zero-order chi connectivity index (χ0) is 9.10. The van der Waals surface area contributed by atoms with Crippen LogP contribution in [0.1, 0.15) is 16.5 Å². The van der Waals surface area contributed by atoms with Gasteiger partial charge in [0.25, 0.3) is 0 Å². The second-order valence-electron chi connectivity index (χ2n) is 3.07. The SMILES string of the molecule is N#Cc1cc([C@H]2CNCCN2)cs1. The molecule has 68 valence electrons. The van der Waals surface area contributed by atoms with Crippen LogP contribution in [0, 0.1) is 11.3 Å². The zero-order valence-electron chi connectivity index (χ0n) is 7.21. The predicted molar refractivity (Wildman–Crippen MR) is 52.6 cm³/mol. The fraction of sp³-hybridized carbons (Fsp3) is 0.444. The molecule has 2 N–H and O–H groups in total. The third-order valence-corrected chi connectivity index (χ3v) is 3.03. The first-order valence-electron chi connectivity index (χ1n) is 4.33. The van der Waals surface area contributed by atoms with Gasteiger partial charge in [-0.25, -0.2) is 0 Å². The van der Waals surface area contributed by atoms with E-state index in [2.05, 4.69) is 22.1 Å². The molecule has 1 aromatic heterocycles. The van der Waals surface area contributed by atoms with Crippen LogP contribution in [0.2, 0.25) is 0 Å². The van der Waals surface area contributed by atoms with Gasteiger partial charge in [-0.2, -0.15) is 5.26 Å². The van der Waals surface area contributed by atoms with Gasteiger partial charge in [0.2, 0.25) is 0 Å². The fourth-order valence-corrected chi connectivity index (χ4v) is 2.23. The molecule has 1 aliphatic heterocycles. The van der Waals surface area contributed by atoms with E-state index in [1.807, 2.05) is 6.07 Å². The Bertz CT molecular complexity index is 320. The van der Waals surface area contributed by atoms with Gasteiger partial charge in [0.15, 0.2) is 0 Å². The third kappa shape index (κ3) is 1.89. The lowest BCUT2D eigenvalue weighted by molar-refractivity contribution is 0.431. The summed E-state index contributed by atoms with van der Waals surface area (Å²) in [5.74, 6) is 0. The van der Waals surface area contributed by atoms with Crippen molar-refractivity contribution in [3.63, 3.8) is 0 Å². The van der Waals surface area contributed by atoms with Gasteiger partial charge in [0, 0.05) is 25.7 Å². The number of thiophene rings is 1. The summed E-state index contributed by atoms with van der Waals surface area (Å²) < 4.78 is 0. The molecular formula is C9H11N3S. The van der Waals surface area contributed by atoms with E-state index in [0.29, 0.717) is 6.04 Å². The Labute approximate surface area is 81.4 Å². The molecule has 0 aliphatic carbocycles. The average molecular weight is 193 g/mol. The summed E-state index contributed by atoms with van der Waals surface area (Å²) in [6.45, 7) is 3.00. The zero-order valence-corrected chi connectivity index (χ0v) is 8.03. The second kappa shape index (κ2) is 3.88. The molecule has 0 bridgehead atoms. The number of rotatable bonds is 1. The van der Waals surface area contributed by atoms with Crippen molar-refractivity contribution in [1.29, 1.82) is 5.26 Å². The molecular weight excluding hydrogens is 182 g/mol. The van der Waals surface area contributed by atoms with Crippen LogP contribution in [0.15, 0.2) is 11.4 Å². The fourth-order valence-electron chi connectivity index (χ4n) is 1.48. The molecule has 2 rings (SSSR count). The number of piperazine rings is 1. The van der Waals surface area contributed by atoms with Crippen molar-refractivity contribution in [1.82, 2.24) is 10.6 Å². The smallest absolute Gasteiger partial charge is 0.110 e. The Morgan fingerprint density at radius 3 is 3.08 bits per heavy atom. The lowest BCUT2D eigenvalue weighted by atomic mass is 10.1. The number of hydrogen-bond acceptors (Lipinski definition) is 4. The Balaban J connectivity index is 2.11. The summed E-state index contributed by atoms with van der Waals surface area (Å²) in [6.07, 6.45) is 0. The molecule has 0 spiro atoms. The highest BCUT2D eigenvalue weighted by molar-refractivity contribution is 7.10. The van der Waals surface area contributed by atoms with Crippen molar-refractivity contribution >= 4 is 11.3 Å². The molecule has 3 nitrogen and oxygen atoms in total. The summed E-state index contributed by atoms with van der Waals surface area (Å²) in [5, 5.41) is 17.5. The van der Waals surface area contributed by atoms with Crippen molar-refractivity contribution in [3.8, 4) is 6.07 Å². The monoisotopic (exact) mass is 193 g/mol. The van der Waals surface area contributed by atoms with E-state index in [0.717, 1.165) is 24.5 Å². The molecule has 13 heavy (non-hydrogen) atoms. The Hall–Kier alpha value is -0.890. The van der Waals surface area contributed by atoms with Crippen molar-refractivity contribution in [3.05, 3.63) is 21.9 Å². The summed E-state index contributed by atoms with van der Waals surface area (Å²) in [4.78, 5) is 0.794. The normalized spacial score (nSPS) is 22.5. The average Bonchev–Trinajstić information content (AvgIpc) is 2.67. The molecule has 1 atom stereocenters. The largest absolute Gasteiger partial charge is 0.314 e. The molecule has 0 radical (unpaired) electrons. The lowest BCUT2D eigenvalue weighted by Crippen LogP contribution is -2.42. The van der Waals surface area contributed by atoms with Gasteiger partial charge in [-0.05, 0) is 17.0 Å². The van der Waals surface area contributed by atoms with Crippen LogP contribution < -0.4 is 10.6 Å². The number of nitrogens with zero attached hydrogens (tertiary/aromatic N) is 1. The Kier molecular flexibility index (Phi) is 2.60. The highest BCUT2D eigenvalue weighted by atomic mass is 32.1. The maximum atomic E-state index is 8.67. The van der Waals surface area contributed by atoms with E-state index < -0.39 is 0 Å². The first-order chi connectivity index (χ1) is 6.40. The number of nitriles is 1. The highest BCUT2D eigenvalue weighted by Crippen LogP contribution is 2.20. The summed E-state index contributed by atoms with van der Waals surface area (Å²) in [6, 6.07) is 4.51. The van der Waals surface area contributed by atoms with Gasteiger partial charge < -0.3 is 10.6 Å². The van der Waals surface area contributed by atoms with Crippen LogP contribution in [0.3, 0.4) is 0 Å². The first kappa shape index (κ1) is 8.70. The summed E-state index contributed by atoms with van der Waals surface area (Å²) >= 11 is 1.51. The van der Waals surface area contributed by atoms with Gasteiger partial charge in [-0.15, -0.1) is 11.3 Å². The van der Waals surface area contributed by atoms with Crippen LogP contribution >= 0.6 is 11.3 Å². The number of nitrogens with one attached hydrogen (secondary N) is 2. The topological polar surface area (TPSA) is 47.9 Å². The molecule has 2 heterocycles.